The molecule has 1 aliphatic carbocycles. The van der Waals surface area contributed by atoms with E-state index in [2.05, 4.69) is 0 Å². The summed E-state index contributed by atoms with van der Waals surface area (Å²) in [6.45, 7) is -0.132. The Kier molecular flexibility index (Phi) is 3.16. The second-order valence-corrected chi connectivity index (χ2v) is 5.50. The lowest BCUT2D eigenvalue weighted by molar-refractivity contribution is 0.0631. The number of ether oxygens (including phenoxy) is 1. The first-order chi connectivity index (χ1) is 9.17. The number of allylic oxidation sites excluding steroid dienone is 3. The van der Waals surface area contributed by atoms with E-state index in [0.29, 0.717) is 29.7 Å². The van der Waals surface area contributed by atoms with Crippen LogP contribution < -0.4 is 0 Å². The van der Waals surface area contributed by atoms with Gasteiger partial charge in [0, 0.05) is 22.3 Å². The smallest absolute Gasteiger partial charge is 0.344 e. The molecule has 3 rings (SSSR count). The van der Waals surface area contributed by atoms with Crippen molar-refractivity contribution in [3.05, 3.63) is 51.9 Å². The lowest BCUT2D eigenvalue weighted by Crippen LogP contribution is -2.06. The van der Waals surface area contributed by atoms with Gasteiger partial charge >= 0.3 is 5.97 Å². The topological polar surface area (TPSA) is 46.5 Å². The van der Waals surface area contributed by atoms with E-state index in [9.17, 15) is 9.18 Å². The number of thioether (sulfide) groups is 1. The summed E-state index contributed by atoms with van der Waals surface area (Å²) in [5, 5.41) is 9.11. The summed E-state index contributed by atoms with van der Waals surface area (Å²) >= 11 is 1.43. The highest BCUT2D eigenvalue weighted by molar-refractivity contribution is 8.03. The van der Waals surface area contributed by atoms with Crippen LogP contribution in [0.3, 0.4) is 0 Å². The van der Waals surface area contributed by atoms with Gasteiger partial charge in [0.2, 0.25) is 0 Å². The van der Waals surface area contributed by atoms with Gasteiger partial charge in [-0.05, 0) is 24.1 Å². The molecule has 0 unspecified atom stereocenters. The van der Waals surface area contributed by atoms with E-state index in [1.807, 2.05) is 0 Å². The molecule has 0 fully saturated rings. The van der Waals surface area contributed by atoms with Crippen molar-refractivity contribution in [3.8, 4) is 0 Å². The third-order valence-corrected chi connectivity index (χ3v) is 4.26. The second-order valence-electron chi connectivity index (χ2n) is 4.36. The second kappa shape index (κ2) is 4.83. The van der Waals surface area contributed by atoms with E-state index in [4.69, 9.17) is 9.84 Å². The largest absolute Gasteiger partial charge is 0.422 e. The van der Waals surface area contributed by atoms with Crippen LogP contribution >= 0.6 is 11.8 Å². The first kappa shape index (κ1) is 12.4. The highest BCUT2D eigenvalue weighted by Crippen LogP contribution is 2.41. The van der Waals surface area contributed by atoms with Gasteiger partial charge in [-0.15, -0.1) is 0 Å². The zero-order chi connectivity index (χ0) is 13.4. The van der Waals surface area contributed by atoms with Crippen molar-refractivity contribution in [2.75, 3.05) is 0 Å². The molecule has 0 saturated carbocycles. The minimum absolute atomic E-state index is 0.132. The van der Waals surface area contributed by atoms with E-state index in [-0.39, 0.29) is 12.4 Å². The molecule has 0 amide bonds. The van der Waals surface area contributed by atoms with Crippen molar-refractivity contribution in [1.82, 2.24) is 0 Å². The zero-order valence-electron chi connectivity index (χ0n) is 9.98. The number of rotatable bonds is 1. The van der Waals surface area contributed by atoms with Gasteiger partial charge in [0.15, 0.2) is 0 Å². The summed E-state index contributed by atoms with van der Waals surface area (Å²) in [5.74, 6) is -0.469. The standard InChI is InChI=1S/C14H11FO3S/c15-9-2-4-13-11(6-9)18-14(17)10-5-8(7-16)1-3-12(10)19-13/h1,3,5-6,16H,2,4,7H2. The first-order valence-electron chi connectivity index (χ1n) is 5.90. The monoisotopic (exact) mass is 278 g/mol. The van der Waals surface area contributed by atoms with Gasteiger partial charge in [-0.3, -0.25) is 0 Å². The molecule has 98 valence electrons. The maximum atomic E-state index is 13.3. The third kappa shape index (κ3) is 2.31. The quantitative estimate of drug-likeness (QED) is 0.801. The molecule has 0 bridgehead atoms. The van der Waals surface area contributed by atoms with Gasteiger partial charge in [0.1, 0.15) is 11.6 Å². The summed E-state index contributed by atoms with van der Waals surface area (Å²) in [7, 11) is 0. The minimum Gasteiger partial charge on any atom is -0.422 e. The summed E-state index contributed by atoms with van der Waals surface area (Å²) in [5.41, 5.74) is 1.07. The molecular formula is C14H11FO3S. The Morgan fingerprint density at radius 3 is 3.00 bits per heavy atom. The van der Waals surface area contributed by atoms with Crippen LogP contribution in [-0.2, 0) is 11.3 Å². The van der Waals surface area contributed by atoms with Gasteiger partial charge in [-0.2, -0.15) is 0 Å². The average molecular weight is 278 g/mol. The Balaban J connectivity index is 2.05. The molecular weight excluding hydrogens is 267 g/mol. The molecule has 0 spiro atoms. The van der Waals surface area contributed by atoms with Crippen LogP contribution in [0.4, 0.5) is 4.39 Å². The number of carbonyl (C=O) groups excluding carboxylic acids is 1. The van der Waals surface area contributed by atoms with E-state index in [1.165, 1.54) is 17.8 Å². The fraction of sp³-hybridized carbons (Fsp3) is 0.214. The van der Waals surface area contributed by atoms with Crippen LogP contribution in [0.15, 0.2) is 45.7 Å². The van der Waals surface area contributed by atoms with Gasteiger partial charge < -0.3 is 9.84 Å². The molecule has 0 aromatic heterocycles. The number of carbonyl (C=O) groups is 1. The fourth-order valence-corrected chi connectivity index (χ4v) is 3.11. The zero-order valence-corrected chi connectivity index (χ0v) is 10.8. The number of aliphatic hydroxyl groups excluding tert-OH is 1. The SMILES string of the molecule is O=C1OC2=C(CCC(F)=C2)Sc2ccc(CO)cc21. The molecule has 1 aromatic carbocycles. The highest BCUT2D eigenvalue weighted by atomic mass is 32.2. The van der Waals surface area contributed by atoms with E-state index >= 15 is 0 Å². The van der Waals surface area contributed by atoms with Crippen LogP contribution in [0.25, 0.3) is 0 Å². The number of fused-ring (bicyclic) bond motifs is 1. The molecule has 1 aromatic rings. The Labute approximate surface area is 113 Å². The third-order valence-electron chi connectivity index (χ3n) is 3.04. The first-order valence-corrected chi connectivity index (χ1v) is 6.72. The maximum absolute atomic E-state index is 13.3. The van der Waals surface area contributed by atoms with Crippen LogP contribution in [0.2, 0.25) is 0 Å². The summed E-state index contributed by atoms with van der Waals surface area (Å²) in [6.07, 6.45) is 2.16. The van der Waals surface area contributed by atoms with E-state index in [1.54, 1.807) is 18.2 Å². The van der Waals surface area contributed by atoms with Crippen molar-refractivity contribution in [2.45, 2.75) is 24.3 Å². The molecule has 5 heteroatoms. The van der Waals surface area contributed by atoms with Gasteiger partial charge in [-0.1, -0.05) is 17.8 Å². The number of hydrogen-bond donors (Lipinski definition) is 1. The van der Waals surface area contributed by atoms with Gasteiger partial charge in [-0.25, -0.2) is 9.18 Å². The summed E-state index contributed by atoms with van der Waals surface area (Å²) in [6, 6.07) is 5.17. The fourth-order valence-electron chi connectivity index (χ4n) is 2.05. The molecule has 0 atom stereocenters. The summed E-state index contributed by atoms with van der Waals surface area (Å²) < 4.78 is 18.5. The minimum atomic E-state index is -0.506. The highest BCUT2D eigenvalue weighted by Gasteiger charge is 2.26. The summed E-state index contributed by atoms with van der Waals surface area (Å²) in [4.78, 5) is 13.7. The Bertz CT molecular complexity index is 619. The van der Waals surface area contributed by atoms with Crippen molar-refractivity contribution in [2.24, 2.45) is 0 Å². The molecule has 2 aliphatic rings. The lowest BCUT2D eigenvalue weighted by atomic mass is 10.1. The van der Waals surface area contributed by atoms with Crippen LogP contribution in [0.1, 0.15) is 28.8 Å². The molecule has 1 heterocycles. The molecule has 19 heavy (non-hydrogen) atoms. The Hall–Kier alpha value is -1.59. The van der Waals surface area contributed by atoms with Crippen LogP contribution in [0.5, 0.6) is 0 Å². The van der Waals surface area contributed by atoms with Crippen LogP contribution in [0, 0.1) is 0 Å². The predicted molar refractivity (Wildman–Crippen MR) is 69.1 cm³/mol. The normalized spacial score (nSPS) is 18.2. The number of hydrogen-bond acceptors (Lipinski definition) is 4. The number of esters is 1. The molecule has 0 radical (unpaired) electrons. The van der Waals surface area contributed by atoms with E-state index < -0.39 is 5.97 Å². The van der Waals surface area contributed by atoms with Crippen molar-refractivity contribution < 1.29 is 19.0 Å². The van der Waals surface area contributed by atoms with Crippen molar-refractivity contribution in [3.63, 3.8) is 0 Å². The number of benzene rings is 1. The van der Waals surface area contributed by atoms with Gasteiger partial charge in [0.25, 0.3) is 0 Å². The van der Waals surface area contributed by atoms with Gasteiger partial charge in [0.05, 0.1) is 12.2 Å². The molecule has 0 saturated heterocycles. The Morgan fingerprint density at radius 2 is 2.21 bits per heavy atom. The number of aliphatic hydroxyl groups is 1. The molecule has 3 nitrogen and oxygen atoms in total. The lowest BCUT2D eigenvalue weighted by Gasteiger charge is -2.12. The average Bonchev–Trinajstić information content (AvgIpc) is 2.54. The molecule has 1 N–H and O–H groups in total. The van der Waals surface area contributed by atoms with Crippen molar-refractivity contribution in [1.29, 1.82) is 0 Å². The molecule has 1 aliphatic heterocycles. The van der Waals surface area contributed by atoms with Crippen LogP contribution in [-0.4, -0.2) is 11.1 Å². The van der Waals surface area contributed by atoms with E-state index in [0.717, 1.165) is 9.80 Å². The number of halogens is 1. The maximum Gasteiger partial charge on any atom is 0.344 e. The van der Waals surface area contributed by atoms with Crippen molar-refractivity contribution >= 4 is 17.7 Å². The predicted octanol–water partition coefficient (Wildman–Crippen LogP) is 3.30. The Morgan fingerprint density at radius 1 is 1.37 bits per heavy atom.